The van der Waals surface area contributed by atoms with Crippen LogP contribution in [0.2, 0.25) is 0 Å². The van der Waals surface area contributed by atoms with E-state index in [4.69, 9.17) is 9.47 Å². The number of nitrogens with zero attached hydrogens (tertiary/aromatic N) is 2. The molecule has 116 valence electrons. The molecule has 2 amide bonds. The summed E-state index contributed by atoms with van der Waals surface area (Å²) in [5.41, 5.74) is 1.77. The highest BCUT2D eigenvalue weighted by atomic mass is 16.7. The Balaban J connectivity index is 1.45. The van der Waals surface area contributed by atoms with E-state index in [-0.39, 0.29) is 12.8 Å². The predicted molar refractivity (Wildman–Crippen MR) is 81.2 cm³/mol. The summed E-state index contributed by atoms with van der Waals surface area (Å²) in [4.78, 5) is 11.8. The van der Waals surface area contributed by atoms with Crippen LogP contribution < -0.4 is 20.1 Å². The van der Waals surface area contributed by atoms with Gasteiger partial charge in [-0.25, -0.2) is 4.79 Å². The maximum atomic E-state index is 11.8. The Morgan fingerprint density at radius 3 is 3.05 bits per heavy atom. The van der Waals surface area contributed by atoms with Crippen LogP contribution in [0.1, 0.15) is 12.5 Å². The zero-order chi connectivity index (χ0) is 15.4. The smallest absolute Gasteiger partial charge is 0.319 e. The molecule has 1 aromatic carbocycles. The van der Waals surface area contributed by atoms with Gasteiger partial charge in [0.1, 0.15) is 0 Å². The molecule has 1 aliphatic rings. The number of aryl methyl sites for hydroxylation is 1. The number of carbonyl (C=O) groups is 1. The molecule has 3 rings (SSSR count). The summed E-state index contributed by atoms with van der Waals surface area (Å²) in [5.74, 6) is 1.52. The maximum absolute atomic E-state index is 11.8. The first-order valence-electron chi connectivity index (χ1n) is 7.20. The zero-order valence-corrected chi connectivity index (χ0v) is 12.3. The normalized spacial score (nSPS) is 12.2. The van der Waals surface area contributed by atoms with Gasteiger partial charge in [0.2, 0.25) is 6.79 Å². The lowest BCUT2D eigenvalue weighted by atomic mass is 10.1. The lowest BCUT2D eigenvalue weighted by Crippen LogP contribution is -2.30. The molecule has 1 aliphatic heterocycles. The summed E-state index contributed by atoms with van der Waals surface area (Å²) in [5, 5.41) is 9.66. The quantitative estimate of drug-likeness (QED) is 0.885. The van der Waals surface area contributed by atoms with Crippen molar-refractivity contribution < 1.29 is 14.3 Å². The fourth-order valence-corrected chi connectivity index (χ4v) is 2.19. The number of hydrogen-bond donors (Lipinski definition) is 2. The summed E-state index contributed by atoms with van der Waals surface area (Å²) in [6.07, 6.45) is 4.14. The van der Waals surface area contributed by atoms with Crippen molar-refractivity contribution in [3.8, 4) is 11.5 Å². The summed E-state index contributed by atoms with van der Waals surface area (Å²) in [6.45, 7) is 3.56. The van der Waals surface area contributed by atoms with Crippen LogP contribution in [0.3, 0.4) is 0 Å². The number of nitrogens with one attached hydrogen (secondary N) is 2. The van der Waals surface area contributed by atoms with Crippen LogP contribution in [0.25, 0.3) is 0 Å². The summed E-state index contributed by atoms with van der Waals surface area (Å²) in [6, 6.07) is 5.55. The second kappa shape index (κ2) is 6.38. The molecule has 0 radical (unpaired) electrons. The van der Waals surface area contributed by atoms with E-state index in [1.165, 1.54) is 0 Å². The molecule has 7 nitrogen and oxygen atoms in total. The van der Waals surface area contributed by atoms with Crippen LogP contribution in [0.5, 0.6) is 11.5 Å². The second-order valence-corrected chi connectivity index (χ2v) is 4.90. The Bertz CT molecular complexity index is 669. The van der Waals surface area contributed by atoms with E-state index in [2.05, 4.69) is 15.7 Å². The first kappa shape index (κ1) is 14.2. The van der Waals surface area contributed by atoms with E-state index in [1.807, 2.05) is 25.1 Å². The number of ether oxygens (including phenoxy) is 2. The molecule has 0 spiro atoms. The third kappa shape index (κ3) is 3.30. The number of amides is 2. The van der Waals surface area contributed by atoms with Crippen molar-refractivity contribution in [2.45, 2.75) is 19.9 Å². The molecule has 2 aromatic rings. The zero-order valence-electron chi connectivity index (χ0n) is 12.3. The fourth-order valence-electron chi connectivity index (χ4n) is 2.19. The van der Waals surface area contributed by atoms with Gasteiger partial charge < -0.3 is 20.1 Å². The molecule has 2 N–H and O–H groups in total. The van der Waals surface area contributed by atoms with E-state index in [1.54, 1.807) is 17.1 Å². The highest BCUT2D eigenvalue weighted by Crippen LogP contribution is 2.32. The van der Waals surface area contributed by atoms with Crippen molar-refractivity contribution in [3.05, 3.63) is 36.2 Å². The van der Waals surface area contributed by atoms with E-state index >= 15 is 0 Å². The Morgan fingerprint density at radius 2 is 2.23 bits per heavy atom. The lowest BCUT2D eigenvalue weighted by Gasteiger charge is -2.06. The summed E-state index contributed by atoms with van der Waals surface area (Å²) in [7, 11) is 0. The van der Waals surface area contributed by atoms with Crippen molar-refractivity contribution in [2.24, 2.45) is 0 Å². The van der Waals surface area contributed by atoms with Crippen molar-refractivity contribution in [3.63, 3.8) is 0 Å². The topological polar surface area (TPSA) is 77.4 Å². The number of carbonyl (C=O) groups excluding carboxylic acids is 1. The average Bonchev–Trinajstić information content (AvgIpc) is 3.15. The molecule has 0 fully saturated rings. The van der Waals surface area contributed by atoms with Gasteiger partial charge >= 0.3 is 6.03 Å². The summed E-state index contributed by atoms with van der Waals surface area (Å²) < 4.78 is 12.3. The molecule has 2 heterocycles. The molecule has 0 saturated carbocycles. The number of rotatable bonds is 5. The van der Waals surface area contributed by atoms with E-state index in [9.17, 15) is 4.79 Å². The Kier molecular flexibility index (Phi) is 4.13. The van der Waals surface area contributed by atoms with Gasteiger partial charge in [0, 0.05) is 19.3 Å². The molecule has 0 aliphatic carbocycles. The van der Waals surface area contributed by atoms with Gasteiger partial charge in [0.15, 0.2) is 11.5 Å². The van der Waals surface area contributed by atoms with Crippen LogP contribution in [0, 0.1) is 0 Å². The van der Waals surface area contributed by atoms with Crippen LogP contribution in [0.15, 0.2) is 30.6 Å². The standard InChI is InChI=1S/C15H18N4O3/c1-2-19-9-12(8-17-19)18-15(20)16-6-5-11-3-4-13-14(7-11)22-10-21-13/h3-4,7-9H,2,5-6,10H2,1H3,(H2,16,18,20). The monoisotopic (exact) mass is 302 g/mol. The molecular formula is C15H18N4O3. The van der Waals surface area contributed by atoms with Gasteiger partial charge in [0.05, 0.1) is 11.9 Å². The molecule has 0 unspecified atom stereocenters. The van der Waals surface area contributed by atoms with E-state index < -0.39 is 0 Å². The number of fused-ring (bicyclic) bond motifs is 1. The van der Waals surface area contributed by atoms with Gasteiger partial charge in [-0.2, -0.15) is 5.10 Å². The van der Waals surface area contributed by atoms with Crippen molar-refractivity contribution in [1.29, 1.82) is 0 Å². The minimum Gasteiger partial charge on any atom is -0.454 e. The molecule has 1 aromatic heterocycles. The van der Waals surface area contributed by atoms with Gasteiger partial charge in [-0.1, -0.05) is 6.07 Å². The van der Waals surface area contributed by atoms with Gasteiger partial charge in [-0.05, 0) is 31.0 Å². The lowest BCUT2D eigenvalue weighted by molar-refractivity contribution is 0.174. The molecule has 7 heteroatoms. The first-order valence-corrected chi connectivity index (χ1v) is 7.20. The average molecular weight is 302 g/mol. The van der Waals surface area contributed by atoms with Crippen LogP contribution in [0.4, 0.5) is 10.5 Å². The molecule has 22 heavy (non-hydrogen) atoms. The molecule has 0 bridgehead atoms. The van der Waals surface area contributed by atoms with Crippen molar-refractivity contribution in [1.82, 2.24) is 15.1 Å². The number of benzene rings is 1. The Hall–Kier alpha value is -2.70. The summed E-state index contributed by atoms with van der Waals surface area (Å²) >= 11 is 0. The molecule has 0 atom stereocenters. The second-order valence-electron chi connectivity index (χ2n) is 4.90. The van der Waals surface area contributed by atoms with Gasteiger partial charge in [-0.3, -0.25) is 4.68 Å². The third-order valence-corrected chi connectivity index (χ3v) is 3.35. The number of aromatic nitrogens is 2. The minimum absolute atomic E-state index is 0.239. The Labute approximate surface area is 128 Å². The first-order chi connectivity index (χ1) is 10.7. The van der Waals surface area contributed by atoms with Crippen molar-refractivity contribution >= 4 is 11.7 Å². The molecular weight excluding hydrogens is 284 g/mol. The predicted octanol–water partition coefficient (Wildman–Crippen LogP) is 2.00. The number of urea groups is 1. The van der Waals surface area contributed by atoms with Crippen LogP contribution >= 0.6 is 0 Å². The third-order valence-electron chi connectivity index (χ3n) is 3.35. The largest absolute Gasteiger partial charge is 0.454 e. The number of anilines is 1. The van der Waals surface area contributed by atoms with Gasteiger partial charge in [0.25, 0.3) is 0 Å². The Morgan fingerprint density at radius 1 is 1.36 bits per heavy atom. The van der Waals surface area contributed by atoms with Gasteiger partial charge in [-0.15, -0.1) is 0 Å². The van der Waals surface area contributed by atoms with E-state index in [0.29, 0.717) is 12.2 Å². The highest BCUT2D eigenvalue weighted by molar-refractivity contribution is 5.88. The van der Waals surface area contributed by atoms with E-state index in [0.717, 1.165) is 30.0 Å². The fraction of sp³-hybridized carbons (Fsp3) is 0.333. The van der Waals surface area contributed by atoms with Crippen LogP contribution in [-0.4, -0.2) is 29.1 Å². The number of hydrogen-bond acceptors (Lipinski definition) is 4. The molecule has 0 saturated heterocycles. The SMILES string of the molecule is CCn1cc(NC(=O)NCCc2ccc3c(c2)OCO3)cn1. The minimum atomic E-state index is -0.239. The highest BCUT2D eigenvalue weighted by Gasteiger charge is 2.13. The maximum Gasteiger partial charge on any atom is 0.319 e. The van der Waals surface area contributed by atoms with Crippen LogP contribution in [-0.2, 0) is 13.0 Å². The van der Waals surface area contributed by atoms with Crippen molar-refractivity contribution in [2.75, 3.05) is 18.7 Å².